The Hall–Kier alpha value is -0.920. The van der Waals surface area contributed by atoms with Crippen LogP contribution < -0.4 is 4.72 Å². The molecule has 0 amide bonds. The average molecular weight is 261 g/mol. The molecule has 0 spiro atoms. The molecule has 1 aromatic rings. The summed E-state index contributed by atoms with van der Waals surface area (Å²) < 4.78 is 31.1. The standard InChI is InChI=1S/C10H19N3O3S/c1-9(2)16-6-4-3-5-13-17(14,15)10-7-11-8-12-10/h7-9,13H,3-6H2,1-2H3,(H,11,12). The van der Waals surface area contributed by atoms with Crippen LogP contribution in [0.4, 0.5) is 0 Å². The molecule has 0 saturated heterocycles. The number of rotatable bonds is 8. The third-order valence-corrected chi connectivity index (χ3v) is 3.46. The lowest BCUT2D eigenvalue weighted by molar-refractivity contribution is 0.0762. The highest BCUT2D eigenvalue weighted by atomic mass is 32.2. The molecule has 0 fully saturated rings. The first-order valence-corrected chi connectivity index (χ1v) is 7.10. The highest BCUT2D eigenvalue weighted by Gasteiger charge is 2.13. The molecule has 0 aliphatic carbocycles. The van der Waals surface area contributed by atoms with E-state index < -0.39 is 10.0 Å². The zero-order chi connectivity index (χ0) is 12.7. The maximum atomic E-state index is 11.6. The van der Waals surface area contributed by atoms with Crippen LogP contribution in [-0.4, -0.2) is 37.6 Å². The average Bonchev–Trinajstić information content (AvgIpc) is 2.76. The number of aromatic amines is 1. The molecule has 0 saturated carbocycles. The summed E-state index contributed by atoms with van der Waals surface area (Å²) in [6, 6.07) is 0. The van der Waals surface area contributed by atoms with Gasteiger partial charge >= 0.3 is 0 Å². The van der Waals surface area contributed by atoms with Crippen LogP contribution in [0.3, 0.4) is 0 Å². The summed E-state index contributed by atoms with van der Waals surface area (Å²) in [5, 5.41) is 0.0935. The molecule has 0 bridgehead atoms. The normalized spacial score (nSPS) is 12.2. The molecular weight excluding hydrogens is 242 g/mol. The van der Waals surface area contributed by atoms with Crippen molar-refractivity contribution in [3.8, 4) is 0 Å². The molecule has 6 nitrogen and oxygen atoms in total. The Labute approximate surface area is 102 Å². The minimum absolute atomic E-state index is 0.0935. The van der Waals surface area contributed by atoms with Gasteiger partial charge in [0.2, 0.25) is 0 Å². The highest BCUT2D eigenvalue weighted by molar-refractivity contribution is 7.89. The summed E-state index contributed by atoms with van der Waals surface area (Å²) in [6.45, 7) is 5.01. The molecule has 98 valence electrons. The van der Waals surface area contributed by atoms with E-state index in [9.17, 15) is 8.42 Å². The van der Waals surface area contributed by atoms with Gasteiger partial charge in [-0.1, -0.05) is 0 Å². The largest absolute Gasteiger partial charge is 0.379 e. The van der Waals surface area contributed by atoms with Gasteiger partial charge in [0.05, 0.1) is 18.6 Å². The summed E-state index contributed by atoms with van der Waals surface area (Å²) in [5.41, 5.74) is 0. The van der Waals surface area contributed by atoms with Gasteiger partial charge in [0, 0.05) is 13.2 Å². The predicted octanol–water partition coefficient (Wildman–Crippen LogP) is 0.893. The number of hydrogen-bond donors (Lipinski definition) is 2. The smallest absolute Gasteiger partial charge is 0.257 e. The number of hydrogen-bond acceptors (Lipinski definition) is 4. The van der Waals surface area contributed by atoms with Crippen LogP contribution in [0.1, 0.15) is 26.7 Å². The fourth-order valence-corrected chi connectivity index (χ4v) is 2.20. The van der Waals surface area contributed by atoms with Crippen LogP contribution in [-0.2, 0) is 14.8 Å². The Balaban J connectivity index is 2.19. The Kier molecular flexibility index (Phi) is 5.60. The third kappa shape index (κ3) is 5.29. The topological polar surface area (TPSA) is 84.1 Å². The molecule has 1 aromatic heterocycles. The van der Waals surface area contributed by atoms with Gasteiger partial charge < -0.3 is 9.72 Å². The second-order valence-corrected chi connectivity index (χ2v) is 5.68. The molecule has 0 aliphatic heterocycles. The number of sulfonamides is 1. The highest BCUT2D eigenvalue weighted by Crippen LogP contribution is 2.02. The van der Waals surface area contributed by atoms with Gasteiger partial charge in [0.15, 0.2) is 5.03 Å². The van der Waals surface area contributed by atoms with Gasteiger partial charge in [-0.25, -0.2) is 18.1 Å². The first-order chi connectivity index (χ1) is 8.02. The van der Waals surface area contributed by atoms with Crippen LogP contribution >= 0.6 is 0 Å². The summed E-state index contributed by atoms with van der Waals surface area (Å²) in [7, 11) is -3.43. The monoisotopic (exact) mass is 261 g/mol. The molecule has 0 aliphatic rings. The van der Waals surface area contributed by atoms with E-state index in [-0.39, 0.29) is 11.1 Å². The number of imidazole rings is 1. The summed E-state index contributed by atoms with van der Waals surface area (Å²) in [6.07, 6.45) is 4.43. The van der Waals surface area contributed by atoms with E-state index in [4.69, 9.17) is 4.74 Å². The van der Waals surface area contributed by atoms with Crippen molar-refractivity contribution in [3.63, 3.8) is 0 Å². The van der Waals surface area contributed by atoms with E-state index in [1.165, 1.54) is 12.5 Å². The Morgan fingerprint density at radius 2 is 2.24 bits per heavy atom. The number of H-pyrrole nitrogens is 1. The fourth-order valence-electron chi connectivity index (χ4n) is 1.22. The second-order valence-electron chi connectivity index (χ2n) is 3.94. The maximum absolute atomic E-state index is 11.6. The molecule has 0 atom stereocenters. The number of nitrogens with zero attached hydrogens (tertiary/aromatic N) is 1. The Morgan fingerprint density at radius 1 is 1.47 bits per heavy atom. The van der Waals surface area contributed by atoms with Crippen LogP contribution in [0.5, 0.6) is 0 Å². The molecule has 0 aromatic carbocycles. The molecule has 17 heavy (non-hydrogen) atoms. The lowest BCUT2D eigenvalue weighted by Crippen LogP contribution is -2.25. The molecule has 2 N–H and O–H groups in total. The minimum Gasteiger partial charge on any atom is -0.379 e. The van der Waals surface area contributed by atoms with E-state index in [1.54, 1.807) is 0 Å². The molecule has 7 heteroatoms. The van der Waals surface area contributed by atoms with Gasteiger partial charge in [0.25, 0.3) is 10.0 Å². The number of ether oxygens (including phenoxy) is 1. The van der Waals surface area contributed by atoms with Crippen molar-refractivity contribution in [2.75, 3.05) is 13.2 Å². The Bertz CT molecular complexity index is 400. The van der Waals surface area contributed by atoms with Gasteiger partial charge in [0.1, 0.15) is 0 Å². The van der Waals surface area contributed by atoms with E-state index in [0.29, 0.717) is 13.2 Å². The molecule has 1 heterocycles. The van der Waals surface area contributed by atoms with Crippen LogP contribution in [0.15, 0.2) is 17.6 Å². The quantitative estimate of drug-likeness (QED) is 0.681. The van der Waals surface area contributed by atoms with Crippen molar-refractivity contribution < 1.29 is 13.2 Å². The first kappa shape index (κ1) is 14.1. The Morgan fingerprint density at radius 3 is 2.82 bits per heavy atom. The molecule has 1 rings (SSSR count). The van der Waals surface area contributed by atoms with Gasteiger partial charge in [-0.05, 0) is 26.7 Å². The third-order valence-electron chi connectivity index (χ3n) is 2.08. The van der Waals surface area contributed by atoms with Crippen molar-refractivity contribution in [1.82, 2.24) is 14.7 Å². The van der Waals surface area contributed by atoms with Crippen molar-refractivity contribution in [3.05, 3.63) is 12.5 Å². The summed E-state index contributed by atoms with van der Waals surface area (Å²) in [5.74, 6) is 0. The van der Waals surface area contributed by atoms with Crippen molar-refractivity contribution >= 4 is 10.0 Å². The van der Waals surface area contributed by atoms with E-state index in [2.05, 4.69) is 14.7 Å². The lowest BCUT2D eigenvalue weighted by atomic mass is 10.3. The molecule has 0 unspecified atom stereocenters. The fraction of sp³-hybridized carbons (Fsp3) is 0.700. The number of unbranched alkanes of at least 4 members (excludes halogenated alkanes) is 1. The number of nitrogens with one attached hydrogen (secondary N) is 2. The zero-order valence-corrected chi connectivity index (χ0v) is 11.0. The minimum atomic E-state index is -3.43. The summed E-state index contributed by atoms with van der Waals surface area (Å²) >= 11 is 0. The van der Waals surface area contributed by atoms with Crippen LogP contribution in [0, 0.1) is 0 Å². The van der Waals surface area contributed by atoms with Gasteiger partial charge in [-0.15, -0.1) is 0 Å². The maximum Gasteiger partial charge on any atom is 0.257 e. The van der Waals surface area contributed by atoms with Gasteiger partial charge in [-0.3, -0.25) is 0 Å². The van der Waals surface area contributed by atoms with Gasteiger partial charge in [-0.2, -0.15) is 0 Å². The van der Waals surface area contributed by atoms with E-state index in [0.717, 1.165) is 12.8 Å². The van der Waals surface area contributed by atoms with E-state index in [1.807, 2.05) is 13.8 Å². The summed E-state index contributed by atoms with van der Waals surface area (Å²) in [4.78, 5) is 6.23. The van der Waals surface area contributed by atoms with Crippen LogP contribution in [0.25, 0.3) is 0 Å². The van der Waals surface area contributed by atoms with Crippen molar-refractivity contribution in [1.29, 1.82) is 0 Å². The molecule has 0 radical (unpaired) electrons. The predicted molar refractivity (Wildman–Crippen MR) is 64.1 cm³/mol. The van der Waals surface area contributed by atoms with Crippen LogP contribution in [0.2, 0.25) is 0 Å². The first-order valence-electron chi connectivity index (χ1n) is 5.62. The van der Waals surface area contributed by atoms with Crippen molar-refractivity contribution in [2.24, 2.45) is 0 Å². The van der Waals surface area contributed by atoms with Crippen molar-refractivity contribution in [2.45, 2.75) is 37.8 Å². The zero-order valence-electron chi connectivity index (χ0n) is 10.1. The number of aromatic nitrogens is 2. The second kappa shape index (κ2) is 6.73. The van der Waals surface area contributed by atoms with E-state index >= 15 is 0 Å². The molecular formula is C10H19N3O3S. The SMILES string of the molecule is CC(C)OCCCCNS(=O)(=O)c1cnc[nH]1. The lowest BCUT2D eigenvalue weighted by Gasteiger charge is -2.07.